The molecule has 0 saturated carbocycles. The predicted octanol–water partition coefficient (Wildman–Crippen LogP) is 3.15. The number of benzene rings is 1. The van der Waals surface area contributed by atoms with Crippen LogP contribution in [-0.2, 0) is 15.0 Å². The SMILES string of the molecule is C=CC(=O)N1CCC(C(=O)Nc2ccn(C(C)C)n2)(c2ccccc2)CC1. The van der Waals surface area contributed by atoms with Crippen LogP contribution in [0.15, 0.2) is 55.3 Å². The van der Waals surface area contributed by atoms with Crippen molar-refractivity contribution in [2.45, 2.75) is 38.1 Å². The zero-order valence-electron chi connectivity index (χ0n) is 15.9. The number of nitrogens with zero attached hydrogens (tertiary/aromatic N) is 3. The van der Waals surface area contributed by atoms with E-state index in [4.69, 9.17) is 0 Å². The average Bonchev–Trinajstić information content (AvgIpc) is 3.17. The standard InChI is InChI=1S/C21H26N4O2/c1-4-19(26)24-14-11-21(12-15-24,17-8-6-5-7-9-17)20(27)22-18-10-13-25(23-18)16(2)3/h4-10,13,16H,1,11-12,14-15H2,2-3H3,(H,22,23,27). The van der Waals surface area contributed by atoms with Gasteiger partial charge in [0, 0.05) is 31.4 Å². The van der Waals surface area contributed by atoms with Gasteiger partial charge in [-0.2, -0.15) is 5.10 Å². The molecule has 1 aromatic carbocycles. The summed E-state index contributed by atoms with van der Waals surface area (Å²) in [5, 5.41) is 7.42. The van der Waals surface area contributed by atoms with Crippen molar-refractivity contribution in [1.29, 1.82) is 0 Å². The molecule has 0 radical (unpaired) electrons. The van der Waals surface area contributed by atoms with Crippen LogP contribution in [0.5, 0.6) is 0 Å². The molecule has 0 aliphatic carbocycles. The average molecular weight is 366 g/mol. The smallest absolute Gasteiger partial charge is 0.245 e. The summed E-state index contributed by atoms with van der Waals surface area (Å²) >= 11 is 0. The van der Waals surface area contributed by atoms with E-state index in [0.29, 0.717) is 31.7 Å². The molecule has 6 nitrogen and oxygen atoms in total. The number of aromatic nitrogens is 2. The number of piperidine rings is 1. The Bertz CT molecular complexity index is 818. The molecule has 2 aromatic rings. The minimum Gasteiger partial charge on any atom is -0.339 e. The first kappa shape index (κ1) is 18.9. The Hall–Kier alpha value is -2.89. The largest absolute Gasteiger partial charge is 0.339 e. The third-order valence-electron chi connectivity index (χ3n) is 5.24. The number of carbonyl (C=O) groups is 2. The van der Waals surface area contributed by atoms with Crippen LogP contribution in [-0.4, -0.2) is 39.6 Å². The number of carbonyl (C=O) groups excluding carboxylic acids is 2. The molecule has 0 atom stereocenters. The second-order valence-corrected chi connectivity index (χ2v) is 7.21. The zero-order valence-corrected chi connectivity index (χ0v) is 15.9. The van der Waals surface area contributed by atoms with E-state index in [2.05, 4.69) is 17.0 Å². The fraction of sp³-hybridized carbons (Fsp3) is 0.381. The number of anilines is 1. The van der Waals surface area contributed by atoms with Crippen LogP contribution >= 0.6 is 0 Å². The van der Waals surface area contributed by atoms with Gasteiger partial charge in [-0.1, -0.05) is 36.9 Å². The number of amides is 2. The second-order valence-electron chi connectivity index (χ2n) is 7.21. The van der Waals surface area contributed by atoms with Crippen molar-refractivity contribution >= 4 is 17.6 Å². The molecule has 0 spiro atoms. The lowest BCUT2D eigenvalue weighted by Crippen LogP contribution is -2.50. The van der Waals surface area contributed by atoms with Gasteiger partial charge in [-0.25, -0.2) is 0 Å². The molecule has 1 fully saturated rings. The Kier molecular flexibility index (Phi) is 5.44. The van der Waals surface area contributed by atoms with Gasteiger partial charge in [-0.3, -0.25) is 14.3 Å². The van der Waals surface area contributed by atoms with Crippen LogP contribution in [0.25, 0.3) is 0 Å². The van der Waals surface area contributed by atoms with Crippen molar-refractivity contribution in [3.8, 4) is 0 Å². The molecule has 1 aromatic heterocycles. The highest BCUT2D eigenvalue weighted by Crippen LogP contribution is 2.37. The molecule has 1 aliphatic rings. The summed E-state index contributed by atoms with van der Waals surface area (Å²) in [6.07, 6.45) is 4.32. The van der Waals surface area contributed by atoms with Crippen LogP contribution < -0.4 is 5.32 Å². The van der Waals surface area contributed by atoms with E-state index in [-0.39, 0.29) is 17.9 Å². The summed E-state index contributed by atoms with van der Waals surface area (Å²) in [6, 6.07) is 11.8. The normalized spacial score (nSPS) is 16.2. The Morgan fingerprint density at radius 1 is 1.19 bits per heavy atom. The van der Waals surface area contributed by atoms with Gasteiger partial charge >= 0.3 is 0 Å². The lowest BCUT2D eigenvalue weighted by atomic mass is 9.72. The third-order valence-corrected chi connectivity index (χ3v) is 5.24. The van der Waals surface area contributed by atoms with Gasteiger partial charge in [0.2, 0.25) is 11.8 Å². The van der Waals surface area contributed by atoms with Gasteiger partial charge in [0.25, 0.3) is 0 Å². The minimum atomic E-state index is -0.680. The maximum Gasteiger partial charge on any atom is 0.245 e. The van der Waals surface area contributed by atoms with Crippen molar-refractivity contribution < 1.29 is 9.59 Å². The fourth-order valence-electron chi connectivity index (χ4n) is 3.57. The number of hydrogen-bond acceptors (Lipinski definition) is 3. The topological polar surface area (TPSA) is 67.2 Å². The van der Waals surface area contributed by atoms with E-state index in [1.54, 1.807) is 4.90 Å². The first-order chi connectivity index (χ1) is 13.0. The minimum absolute atomic E-state index is 0.0755. The molecule has 1 saturated heterocycles. The highest BCUT2D eigenvalue weighted by molar-refractivity contribution is 5.99. The molecular weight excluding hydrogens is 340 g/mol. The summed E-state index contributed by atoms with van der Waals surface area (Å²) < 4.78 is 1.82. The zero-order chi connectivity index (χ0) is 19.4. The number of hydrogen-bond donors (Lipinski definition) is 1. The second kappa shape index (κ2) is 7.78. The number of likely N-dealkylation sites (tertiary alicyclic amines) is 1. The Morgan fingerprint density at radius 3 is 2.41 bits per heavy atom. The van der Waals surface area contributed by atoms with Gasteiger partial charge in [0.05, 0.1) is 5.41 Å². The predicted molar refractivity (Wildman–Crippen MR) is 105 cm³/mol. The Balaban J connectivity index is 1.85. The fourth-order valence-corrected chi connectivity index (χ4v) is 3.57. The molecule has 3 rings (SSSR count). The Morgan fingerprint density at radius 2 is 1.85 bits per heavy atom. The highest BCUT2D eigenvalue weighted by Gasteiger charge is 2.43. The van der Waals surface area contributed by atoms with Crippen molar-refractivity contribution in [3.63, 3.8) is 0 Å². The van der Waals surface area contributed by atoms with Crippen molar-refractivity contribution in [2.24, 2.45) is 0 Å². The van der Waals surface area contributed by atoms with Gasteiger partial charge in [0.1, 0.15) is 0 Å². The van der Waals surface area contributed by atoms with Gasteiger partial charge < -0.3 is 10.2 Å². The lowest BCUT2D eigenvalue weighted by Gasteiger charge is -2.40. The monoisotopic (exact) mass is 366 g/mol. The van der Waals surface area contributed by atoms with Crippen LogP contribution in [0.2, 0.25) is 0 Å². The van der Waals surface area contributed by atoms with E-state index in [1.165, 1.54) is 6.08 Å². The van der Waals surface area contributed by atoms with Crippen LogP contribution in [0.1, 0.15) is 38.3 Å². The molecule has 27 heavy (non-hydrogen) atoms. The third kappa shape index (κ3) is 3.79. The summed E-state index contributed by atoms with van der Waals surface area (Å²) in [4.78, 5) is 27.0. The quantitative estimate of drug-likeness (QED) is 0.827. The molecular formula is C21H26N4O2. The van der Waals surface area contributed by atoms with E-state index < -0.39 is 5.41 Å². The number of nitrogens with one attached hydrogen (secondary N) is 1. The molecule has 0 bridgehead atoms. The summed E-state index contributed by atoms with van der Waals surface area (Å²) in [6.45, 7) is 8.68. The van der Waals surface area contributed by atoms with Crippen molar-refractivity contribution in [2.75, 3.05) is 18.4 Å². The molecule has 0 unspecified atom stereocenters. The van der Waals surface area contributed by atoms with E-state index in [9.17, 15) is 9.59 Å². The molecule has 2 amide bonds. The van der Waals surface area contributed by atoms with Crippen LogP contribution in [0, 0.1) is 0 Å². The van der Waals surface area contributed by atoms with E-state index in [1.807, 2.05) is 61.1 Å². The highest BCUT2D eigenvalue weighted by atomic mass is 16.2. The summed E-state index contributed by atoms with van der Waals surface area (Å²) in [5.41, 5.74) is 0.289. The van der Waals surface area contributed by atoms with Gasteiger partial charge in [-0.15, -0.1) is 0 Å². The van der Waals surface area contributed by atoms with Crippen LogP contribution in [0.3, 0.4) is 0 Å². The maximum absolute atomic E-state index is 13.3. The molecule has 1 aliphatic heterocycles. The summed E-state index contributed by atoms with van der Waals surface area (Å²) in [7, 11) is 0. The first-order valence-corrected chi connectivity index (χ1v) is 9.30. The van der Waals surface area contributed by atoms with Crippen molar-refractivity contribution in [1.82, 2.24) is 14.7 Å². The van der Waals surface area contributed by atoms with E-state index in [0.717, 1.165) is 5.56 Å². The molecule has 6 heteroatoms. The number of rotatable bonds is 5. The molecule has 142 valence electrons. The van der Waals surface area contributed by atoms with E-state index >= 15 is 0 Å². The maximum atomic E-state index is 13.3. The lowest BCUT2D eigenvalue weighted by molar-refractivity contribution is -0.131. The summed E-state index contributed by atoms with van der Waals surface area (Å²) in [5.74, 6) is 0.384. The van der Waals surface area contributed by atoms with Crippen molar-refractivity contribution in [3.05, 3.63) is 60.8 Å². The van der Waals surface area contributed by atoms with Gasteiger partial charge in [-0.05, 0) is 38.3 Å². The first-order valence-electron chi connectivity index (χ1n) is 9.30. The van der Waals surface area contributed by atoms with Crippen LogP contribution in [0.4, 0.5) is 5.82 Å². The molecule has 2 heterocycles. The molecule has 1 N–H and O–H groups in total. The Labute approximate surface area is 159 Å². The van der Waals surface area contributed by atoms with Gasteiger partial charge in [0.15, 0.2) is 5.82 Å².